The monoisotopic (exact) mass is 468 g/mol. The van der Waals surface area contributed by atoms with Crippen LogP contribution >= 0.6 is 0 Å². The van der Waals surface area contributed by atoms with Gasteiger partial charge in [-0.2, -0.15) is 0 Å². The van der Waals surface area contributed by atoms with Crippen molar-refractivity contribution in [2.24, 2.45) is 0 Å². The number of rotatable bonds is 7. The maximum absolute atomic E-state index is 13.7. The van der Waals surface area contributed by atoms with Crippen LogP contribution < -0.4 is 19.8 Å². The summed E-state index contributed by atoms with van der Waals surface area (Å²) in [5.41, 5.74) is 2.02. The number of hydrogen-bond donors (Lipinski definition) is 0. The van der Waals surface area contributed by atoms with Crippen LogP contribution in [0.5, 0.6) is 11.5 Å². The highest BCUT2D eigenvalue weighted by atomic mass is 16.5. The van der Waals surface area contributed by atoms with E-state index in [9.17, 15) is 9.59 Å². The van der Waals surface area contributed by atoms with Crippen LogP contribution in [-0.4, -0.2) is 24.1 Å². The van der Waals surface area contributed by atoms with E-state index < -0.39 is 11.9 Å². The summed E-state index contributed by atoms with van der Waals surface area (Å²) in [6.45, 7) is 8.22. The van der Waals surface area contributed by atoms with Crippen molar-refractivity contribution in [2.45, 2.75) is 19.9 Å². The van der Waals surface area contributed by atoms with Crippen molar-refractivity contribution < 1.29 is 18.7 Å². The van der Waals surface area contributed by atoms with Gasteiger partial charge in [-0.25, -0.2) is 4.98 Å². The molecule has 7 nitrogen and oxygen atoms in total. The van der Waals surface area contributed by atoms with Crippen molar-refractivity contribution >= 4 is 22.7 Å². The Balaban J connectivity index is 1.74. The number of amides is 1. The first kappa shape index (κ1) is 22.4. The summed E-state index contributed by atoms with van der Waals surface area (Å²) in [5, 5.41) is 0.415. The van der Waals surface area contributed by atoms with Crippen LogP contribution in [0.15, 0.2) is 82.7 Å². The van der Waals surface area contributed by atoms with E-state index in [1.165, 1.54) is 4.90 Å². The van der Waals surface area contributed by atoms with Crippen LogP contribution in [0.2, 0.25) is 0 Å². The summed E-state index contributed by atoms with van der Waals surface area (Å²) in [7, 11) is 0. The Morgan fingerprint density at radius 2 is 1.91 bits per heavy atom. The molecule has 0 saturated heterocycles. The molecule has 5 rings (SSSR count). The Hall–Kier alpha value is -4.39. The summed E-state index contributed by atoms with van der Waals surface area (Å²) in [5.74, 6) is 1.07. The predicted molar refractivity (Wildman–Crippen MR) is 133 cm³/mol. The second-order valence-corrected chi connectivity index (χ2v) is 8.18. The molecule has 1 atom stereocenters. The quantitative estimate of drug-likeness (QED) is 0.346. The Kier molecular flexibility index (Phi) is 5.82. The maximum atomic E-state index is 13.7. The molecule has 0 spiro atoms. The number of benzene rings is 2. The van der Waals surface area contributed by atoms with E-state index in [-0.39, 0.29) is 16.8 Å². The molecule has 3 heterocycles. The minimum Gasteiger partial charge on any atom is -0.490 e. The van der Waals surface area contributed by atoms with Gasteiger partial charge < -0.3 is 13.9 Å². The summed E-state index contributed by atoms with van der Waals surface area (Å²) in [6, 6.07) is 15.2. The molecule has 0 N–H and O–H groups in total. The van der Waals surface area contributed by atoms with Gasteiger partial charge >= 0.3 is 0 Å². The van der Waals surface area contributed by atoms with E-state index in [1.807, 2.05) is 26.0 Å². The third kappa shape index (κ3) is 3.85. The number of ether oxygens (including phenoxy) is 2. The van der Waals surface area contributed by atoms with Gasteiger partial charge in [0.05, 0.1) is 23.6 Å². The van der Waals surface area contributed by atoms with Crippen molar-refractivity contribution in [3.63, 3.8) is 0 Å². The zero-order valence-electron chi connectivity index (χ0n) is 19.5. The van der Waals surface area contributed by atoms with Gasteiger partial charge in [-0.05, 0) is 55.3 Å². The third-order valence-corrected chi connectivity index (χ3v) is 5.86. The zero-order valence-corrected chi connectivity index (χ0v) is 19.5. The molecule has 1 aliphatic rings. The van der Waals surface area contributed by atoms with Crippen molar-refractivity contribution in [2.75, 3.05) is 18.1 Å². The van der Waals surface area contributed by atoms with Crippen molar-refractivity contribution in [3.05, 3.63) is 106 Å². The second-order valence-electron chi connectivity index (χ2n) is 8.18. The van der Waals surface area contributed by atoms with E-state index in [4.69, 9.17) is 13.9 Å². The standard InChI is InChI=1S/C28H24N2O5/c1-4-14-34-21-12-11-18(15-22(21)33-5-2)25-24-26(31)19-8-6-7-9-20(19)35-27(24)28(32)30(25)23-13-10-17(3)16-29-23/h4,6-13,15-16,25H,1,5,14H2,2-3H3. The number of nitrogens with zero attached hydrogens (tertiary/aromatic N) is 2. The van der Waals surface area contributed by atoms with E-state index in [0.717, 1.165) is 5.56 Å². The van der Waals surface area contributed by atoms with Gasteiger partial charge in [0.15, 0.2) is 16.9 Å². The maximum Gasteiger partial charge on any atom is 0.296 e. The number of anilines is 1. The predicted octanol–water partition coefficient (Wildman–Crippen LogP) is 5.21. The molecule has 0 saturated carbocycles. The van der Waals surface area contributed by atoms with Gasteiger partial charge in [0.25, 0.3) is 5.91 Å². The second kappa shape index (κ2) is 9.10. The van der Waals surface area contributed by atoms with Crippen LogP contribution in [-0.2, 0) is 0 Å². The van der Waals surface area contributed by atoms with Crippen molar-refractivity contribution in [1.82, 2.24) is 4.98 Å². The first-order chi connectivity index (χ1) is 17.0. The lowest BCUT2D eigenvalue weighted by atomic mass is 9.98. The summed E-state index contributed by atoms with van der Waals surface area (Å²) >= 11 is 0. The molecule has 1 aliphatic heterocycles. The van der Waals surface area contributed by atoms with Crippen LogP contribution in [0.1, 0.15) is 40.2 Å². The lowest BCUT2D eigenvalue weighted by Crippen LogP contribution is -2.30. The molecule has 35 heavy (non-hydrogen) atoms. The van der Waals surface area contributed by atoms with E-state index in [2.05, 4.69) is 11.6 Å². The number of aromatic nitrogens is 1. The zero-order chi connectivity index (χ0) is 24.5. The van der Waals surface area contributed by atoms with Gasteiger partial charge in [-0.15, -0.1) is 0 Å². The van der Waals surface area contributed by atoms with Crippen molar-refractivity contribution in [3.8, 4) is 11.5 Å². The van der Waals surface area contributed by atoms with Crippen LogP contribution in [0.3, 0.4) is 0 Å². The molecule has 2 aromatic heterocycles. The van der Waals surface area contributed by atoms with Gasteiger partial charge in [-0.1, -0.05) is 36.9 Å². The minimum absolute atomic E-state index is 0.0195. The van der Waals surface area contributed by atoms with Crippen LogP contribution in [0.25, 0.3) is 11.0 Å². The molecule has 0 radical (unpaired) electrons. The topological polar surface area (TPSA) is 81.9 Å². The van der Waals surface area contributed by atoms with Crippen LogP contribution in [0.4, 0.5) is 5.82 Å². The normalized spacial score (nSPS) is 14.7. The fourth-order valence-corrected chi connectivity index (χ4v) is 4.30. The highest BCUT2D eigenvalue weighted by Crippen LogP contribution is 2.42. The van der Waals surface area contributed by atoms with Gasteiger partial charge in [0.1, 0.15) is 18.0 Å². The molecule has 2 aromatic carbocycles. The Morgan fingerprint density at radius 1 is 1.09 bits per heavy atom. The van der Waals surface area contributed by atoms with Crippen LogP contribution in [0, 0.1) is 6.92 Å². The summed E-state index contributed by atoms with van der Waals surface area (Å²) in [6.07, 6.45) is 3.34. The number of pyridine rings is 1. The number of fused-ring (bicyclic) bond motifs is 2. The lowest BCUT2D eigenvalue weighted by Gasteiger charge is -2.25. The van der Waals surface area contributed by atoms with Gasteiger partial charge in [-0.3, -0.25) is 14.5 Å². The molecule has 0 aliphatic carbocycles. The number of hydrogen-bond acceptors (Lipinski definition) is 6. The fraction of sp³-hybridized carbons (Fsp3) is 0.179. The largest absolute Gasteiger partial charge is 0.490 e. The molecule has 176 valence electrons. The van der Waals surface area contributed by atoms with Gasteiger partial charge in [0.2, 0.25) is 5.76 Å². The highest BCUT2D eigenvalue weighted by Gasteiger charge is 2.44. The van der Waals surface area contributed by atoms with E-state index in [1.54, 1.807) is 54.7 Å². The summed E-state index contributed by atoms with van der Waals surface area (Å²) in [4.78, 5) is 33.3. The first-order valence-corrected chi connectivity index (χ1v) is 11.4. The number of aryl methyl sites for hydroxylation is 1. The Morgan fingerprint density at radius 3 is 2.66 bits per heavy atom. The Bertz CT molecular complexity index is 1490. The molecule has 0 fully saturated rings. The molecule has 4 aromatic rings. The van der Waals surface area contributed by atoms with Crippen molar-refractivity contribution in [1.29, 1.82) is 0 Å². The third-order valence-electron chi connectivity index (χ3n) is 5.86. The number of para-hydroxylation sites is 1. The molecule has 7 heteroatoms. The summed E-state index contributed by atoms with van der Waals surface area (Å²) < 4.78 is 17.6. The molecule has 0 bridgehead atoms. The minimum atomic E-state index is -0.749. The average molecular weight is 469 g/mol. The smallest absolute Gasteiger partial charge is 0.296 e. The fourth-order valence-electron chi connectivity index (χ4n) is 4.30. The molecule has 1 unspecified atom stereocenters. The SMILES string of the molecule is C=CCOc1ccc(C2c3c(oc4ccccc4c3=O)C(=O)N2c2ccc(C)cn2)cc1OCC. The van der Waals surface area contributed by atoms with E-state index >= 15 is 0 Å². The lowest BCUT2D eigenvalue weighted by molar-refractivity contribution is 0.0970. The average Bonchev–Trinajstić information content (AvgIpc) is 3.16. The number of carbonyl (C=O) groups excluding carboxylic acids is 1. The highest BCUT2D eigenvalue weighted by molar-refractivity contribution is 6.10. The number of carbonyl (C=O) groups is 1. The Labute approximate surface area is 202 Å². The van der Waals surface area contributed by atoms with E-state index in [0.29, 0.717) is 47.1 Å². The molecular weight excluding hydrogens is 444 g/mol. The first-order valence-electron chi connectivity index (χ1n) is 11.4. The molecular formula is C28H24N2O5. The van der Waals surface area contributed by atoms with Gasteiger partial charge in [0, 0.05) is 6.20 Å². The molecule has 1 amide bonds.